The number of benzene rings is 1. The zero-order valence-electron chi connectivity index (χ0n) is 17.9. The van der Waals surface area contributed by atoms with Crippen LogP contribution in [-0.2, 0) is 14.6 Å². The second kappa shape index (κ2) is 21.6. The van der Waals surface area contributed by atoms with Gasteiger partial charge in [0.25, 0.3) is 0 Å². The van der Waals surface area contributed by atoms with Crippen molar-refractivity contribution in [3.63, 3.8) is 0 Å². The molecule has 0 atom stereocenters. The third-order valence-electron chi connectivity index (χ3n) is 3.84. The summed E-state index contributed by atoms with van der Waals surface area (Å²) in [5.74, 6) is -1.62. The van der Waals surface area contributed by atoms with E-state index in [1.807, 2.05) is 0 Å². The first-order chi connectivity index (χ1) is 12.8. The van der Waals surface area contributed by atoms with Crippen LogP contribution in [0.5, 0.6) is 5.75 Å². The molecule has 0 bridgehead atoms. The molecule has 0 heterocycles. The summed E-state index contributed by atoms with van der Waals surface area (Å²) in [7, 11) is -4.48. The van der Waals surface area contributed by atoms with Gasteiger partial charge in [-0.15, -0.1) is 0 Å². The average molecular weight is 448 g/mol. The Labute approximate surface area is 219 Å². The number of carbonyl (C=O) groups is 1. The third-order valence-corrected chi connectivity index (χ3v) is 4.30. The van der Waals surface area contributed by atoms with Crippen molar-refractivity contribution in [2.45, 2.75) is 71.1 Å². The molecule has 1 N–H and O–H groups in total. The molecule has 10 heteroatoms. The monoisotopic (exact) mass is 448 g/mol. The van der Waals surface area contributed by atoms with E-state index < -0.39 is 22.1 Å². The summed E-state index contributed by atoms with van der Waals surface area (Å²) >= 11 is 0. The van der Waals surface area contributed by atoms with Crippen LogP contribution >= 0.6 is 0 Å². The second-order valence-corrected chi connectivity index (χ2v) is 7.27. The number of unbranched alkanes of at least 4 members (excludes halogenated alkanes) is 9. The summed E-state index contributed by atoms with van der Waals surface area (Å²) in [4.78, 5) is 10.2. The molecule has 7 nitrogen and oxygen atoms in total. The largest absolute Gasteiger partial charge is 1.00 e. The van der Waals surface area contributed by atoms with Gasteiger partial charge in [-0.2, -0.15) is 0 Å². The van der Waals surface area contributed by atoms with Crippen molar-refractivity contribution < 1.29 is 91.3 Å². The van der Waals surface area contributed by atoms with Crippen LogP contribution in [0.15, 0.2) is 24.3 Å². The molecule has 0 spiro atoms. The molecule has 0 aliphatic heterocycles. The molecule has 0 saturated heterocycles. The van der Waals surface area contributed by atoms with Gasteiger partial charge >= 0.3 is 65.1 Å². The van der Waals surface area contributed by atoms with Crippen LogP contribution in [-0.4, -0.2) is 30.7 Å². The van der Waals surface area contributed by atoms with Gasteiger partial charge < -0.3 is 14.8 Å². The van der Waals surface area contributed by atoms with Crippen molar-refractivity contribution in [1.29, 1.82) is 0 Å². The van der Waals surface area contributed by atoms with Gasteiger partial charge in [0.15, 0.2) is 0 Å². The fourth-order valence-corrected chi connectivity index (χ4v) is 2.72. The molecular formula is C19H30Na2O7S. The number of rotatable bonds is 13. The predicted octanol–water partition coefficient (Wildman–Crippen LogP) is -2.15. The molecular weight excluding hydrogens is 418 g/mol. The molecule has 29 heavy (non-hydrogen) atoms. The molecule has 0 aliphatic rings. The molecule has 156 valence electrons. The van der Waals surface area contributed by atoms with Crippen molar-refractivity contribution in [2.24, 2.45) is 0 Å². The Morgan fingerprint density at radius 3 is 1.76 bits per heavy atom. The number of carboxylic acid groups (broad SMARTS) is 1. The summed E-state index contributed by atoms with van der Waals surface area (Å²) in [5, 5.41) is 19.0. The maximum absolute atomic E-state index is 10.7. The number of para-hydroxylation sites is 1. The third kappa shape index (κ3) is 22.9. The topological polar surface area (TPSA) is 127 Å². The first-order valence-corrected chi connectivity index (χ1v) is 10.7. The van der Waals surface area contributed by atoms with Gasteiger partial charge in [-0.3, -0.25) is 4.18 Å². The van der Waals surface area contributed by atoms with Gasteiger partial charge in [0, 0.05) is 0 Å². The summed E-state index contributed by atoms with van der Waals surface area (Å²) in [6.07, 6.45) is 11.7. The number of carboxylic acids is 1. The molecule has 1 aromatic rings. The molecule has 1 aromatic carbocycles. The van der Waals surface area contributed by atoms with Crippen LogP contribution in [0.4, 0.5) is 0 Å². The molecule has 0 radical (unpaired) electrons. The maximum atomic E-state index is 10.7. The summed E-state index contributed by atoms with van der Waals surface area (Å²) in [6, 6.07) is 5.54. The average Bonchev–Trinajstić information content (AvgIpc) is 2.59. The second-order valence-electron chi connectivity index (χ2n) is 6.21. The standard InChI is InChI=1S/C12H26O4S.C7H6O3.2Na/c1-2-3-4-5-6-7-8-9-10-11-12-16-17(13,14)15;8-6-4-2-1-3-5(6)7(9)10;;/h2-12H2,1H3,(H,13,14,15);1-4,8H,(H,9,10);;/q;;2*+1/p-2. The Morgan fingerprint density at radius 2 is 1.38 bits per heavy atom. The van der Waals surface area contributed by atoms with Gasteiger partial charge in [0.05, 0.1) is 12.2 Å². The molecule has 0 aromatic heterocycles. The van der Waals surface area contributed by atoms with E-state index in [9.17, 15) is 22.9 Å². The first-order valence-electron chi connectivity index (χ1n) is 9.37. The fraction of sp³-hybridized carbons (Fsp3) is 0.632. The van der Waals surface area contributed by atoms with Crippen molar-refractivity contribution in [3.8, 4) is 5.75 Å². The molecule has 0 fully saturated rings. The van der Waals surface area contributed by atoms with Crippen molar-refractivity contribution >= 4 is 16.4 Å². The van der Waals surface area contributed by atoms with Crippen LogP contribution in [0, 0.1) is 0 Å². The quantitative estimate of drug-likeness (QED) is 0.158. The summed E-state index contributed by atoms with van der Waals surface area (Å²) in [6.45, 7) is 2.24. The predicted molar refractivity (Wildman–Crippen MR) is 100 cm³/mol. The van der Waals surface area contributed by atoms with E-state index in [1.54, 1.807) is 0 Å². The zero-order valence-corrected chi connectivity index (χ0v) is 22.7. The van der Waals surface area contributed by atoms with E-state index in [-0.39, 0.29) is 71.3 Å². The normalized spacial score (nSPS) is 10.1. The smallest absolute Gasteiger partial charge is 0.872 e. The molecule has 0 amide bonds. The summed E-state index contributed by atoms with van der Waals surface area (Å²) in [5.41, 5.74) is -0.178. The van der Waals surface area contributed by atoms with E-state index in [2.05, 4.69) is 11.1 Å². The van der Waals surface area contributed by atoms with Crippen LogP contribution in [0.25, 0.3) is 0 Å². The SMILES string of the molecule is CCCCCCCCCCCCOS(=O)(=O)[O-].O=C(O)c1ccccc1[O-].[Na+].[Na+]. The fourth-order valence-electron chi connectivity index (χ4n) is 2.39. The zero-order chi connectivity index (χ0) is 20.5. The van der Waals surface area contributed by atoms with Gasteiger partial charge in [-0.05, 0) is 12.5 Å². The molecule has 1 rings (SSSR count). The van der Waals surface area contributed by atoms with E-state index in [1.165, 1.54) is 69.2 Å². The number of hydrogen-bond donors (Lipinski definition) is 1. The van der Waals surface area contributed by atoms with Gasteiger partial charge in [0.1, 0.15) is 0 Å². The van der Waals surface area contributed by atoms with Crippen LogP contribution in [0.1, 0.15) is 81.5 Å². The number of hydrogen-bond acceptors (Lipinski definition) is 6. The van der Waals surface area contributed by atoms with E-state index in [4.69, 9.17) is 5.11 Å². The van der Waals surface area contributed by atoms with Gasteiger partial charge in [-0.25, -0.2) is 13.2 Å². The summed E-state index contributed by atoms with van der Waals surface area (Å²) < 4.78 is 34.5. The minimum atomic E-state index is -4.48. The number of aromatic carboxylic acids is 1. The maximum Gasteiger partial charge on any atom is 1.00 e. The van der Waals surface area contributed by atoms with Gasteiger partial charge in [-0.1, -0.05) is 88.7 Å². The Hall–Kier alpha value is 0.360. The minimum absolute atomic E-state index is 0. The van der Waals surface area contributed by atoms with Crippen LogP contribution in [0.3, 0.4) is 0 Å². The molecule has 0 aliphatic carbocycles. The Bertz CT molecular complexity index is 625. The molecule has 0 saturated carbocycles. The minimum Gasteiger partial charge on any atom is -0.872 e. The van der Waals surface area contributed by atoms with E-state index in [0.29, 0.717) is 6.42 Å². The molecule has 0 unspecified atom stereocenters. The Balaban J connectivity index is -0.000000484. The van der Waals surface area contributed by atoms with Crippen LogP contribution < -0.4 is 64.2 Å². The first kappa shape index (κ1) is 34.0. The van der Waals surface area contributed by atoms with Crippen molar-refractivity contribution in [2.75, 3.05) is 6.61 Å². The van der Waals surface area contributed by atoms with E-state index in [0.717, 1.165) is 12.8 Å². The van der Waals surface area contributed by atoms with Crippen LogP contribution in [0.2, 0.25) is 0 Å². The van der Waals surface area contributed by atoms with Gasteiger partial charge in [0.2, 0.25) is 10.4 Å². The van der Waals surface area contributed by atoms with Crippen molar-refractivity contribution in [3.05, 3.63) is 29.8 Å². The van der Waals surface area contributed by atoms with E-state index >= 15 is 0 Å². The Kier molecular flexibility index (Phi) is 25.3. The van der Waals surface area contributed by atoms with Crippen molar-refractivity contribution in [1.82, 2.24) is 0 Å². The Morgan fingerprint density at radius 1 is 0.931 bits per heavy atom.